The van der Waals surface area contributed by atoms with Crippen molar-refractivity contribution in [2.45, 2.75) is 31.7 Å². The average molecular weight is 555 g/mol. The quantitative estimate of drug-likeness (QED) is 0.386. The van der Waals surface area contributed by atoms with E-state index in [-0.39, 0.29) is 5.41 Å². The number of sulfonamides is 1. The molecular formula is C27H34N6O5S. The van der Waals surface area contributed by atoms with Gasteiger partial charge in [0.15, 0.2) is 5.75 Å². The lowest BCUT2D eigenvalue weighted by Gasteiger charge is -2.39. The Balaban J connectivity index is 1.74. The molecule has 0 radical (unpaired) electrons. The van der Waals surface area contributed by atoms with Crippen molar-refractivity contribution in [3.05, 3.63) is 66.0 Å². The van der Waals surface area contributed by atoms with Gasteiger partial charge in [0.25, 0.3) is 5.91 Å². The SMILES string of the molecule is CNc1nccc(Oc2cccc3cc(C(=O)NC4C=C(C(C)(C)C)C=CC4(OC)S(=O)(=O)NC)n(C)c23)n1. The highest BCUT2D eigenvalue weighted by Crippen LogP contribution is 2.37. The number of aryl methyl sites for hydroxylation is 1. The molecule has 2 atom stereocenters. The van der Waals surface area contributed by atoms with Crippen molar-refractivity contribution in [2.24, 2.45) is 12.5 Å². The summed E-state index contributed by atoms with van der Waals surface area (Å²) in [4.78, 5) is 20.3. The third-order valence-corrected chi connectivity index (χ3v) is 8.69. The van der Waals surface area contributed by atoms with Gasteiger partial charge in [0, 0.05) is 38.9 Å². The second-order valence-electron chi connectivity index (χ2n) is 10.1. The molecule has 0 fully saturated rings. The summed E-state index contributed by atoms with van der Waals surface area (Å²) < 4.78 is 42.0. The molecule has 1 aliphatic carbocycles. The maximum atomic E-state index is 13.7. The number of carbonyl (C=O) groups is 1. The van der Waals surface area contributed by atoms with E-state index >= 15 is 0 Å². The molecule has 11 nitrogen and oxygen atoms in total. The fraction of sp³-hybridized carbons (Fsp3) is 0.370. The number of nitrogens with zero attached hydrogens (tertiary/aromatic N) is 3. The Bertz CT molecular complexity index is 1570. The molecule has 4 rings (SSSR count). The van der Waals surface area contributed by atoms with Crippen LogP contribution < -0.4 is 20.1 Å². The number of para-hydroxylation sites is 1. The van der Waals surface area contributed by atoms with E-state index in [0.717, 1.165) is 11.0 Å². The first kappa shape index (κ1) is 28.3. The molecule has 1 aromatic carbocycles. The number of hydrogen-bond donors (Lipinski definition) is 3. The van der Waals surface area contributed by atoms with E-state index in [1.807, 2.05) is 32.9 Å². The minimum absolute atomic E-state index is 0.289. The zero-order valence-corrected chi connectivity index (χ0v) is 23.9. The smallest absolute Gasteiger partial charge is 0.268 e. The van der Waals surface area contributed by atoms with E-state index in [4.69, 9.17) is 9.47 Å². The maximum Gasteiger partial charge on any atom is 0.268 e. The fourth-order valence-corrected chi connectivity index (χ4v) is 5.80. The molecule has 1 amide bonds. The number of allylic oxidation sites excluding steroid dienone is 2. The summed E-state index contributed by atoms with van der Waals surface area (Å²) in [6.45, 7) is 6.03. The molecule has 0 saturated heterocycles. The molecule has 3 aromatic rings. The lowest BCUT2D eigenvalue weighted by atomic mass is 9.82. The molecule has 3 N–H and O–H groups in total. The van der Waals surface area contributed by atoms with Gasteiger partial charge in [-0.3, -0.25) is 4.79 Å². The summed E-state index contributed by atoms with van der Waals surface area (Å²) in [5.41, 5.74) is 1.56. The Morgan fingerprint density at radius 3 is 2.56 bits per heavy atom. The molecule has 2 unspecified atom stereocenters. The zero-order chi connectivity index (χ0) is 28.6. The number of fused-ring (bicyclic) bond motifs is 1. The molecule has 0 bridgehead atoms. The van der Waals surface area contributed by atoms with Gasteiger partial charge in [-0.05, 0) is 36.2 Å². The number of amides is 1. The highest BCUT2D eigenvalue weighted by molar-refractivity contribution is 7.91. The third-order valence-electron chi connectivity index (χ3n) is 6.76. The summed E-state index contributed by atoms with van der Waals surface area (Å²) in [7, 11) is 2.05. The van der Waals surface area contributed by atoms with Crippen LogP contribution in [-0.2, 0) is 21.8 Å². The lowest BCUT2D eigenvalue weighted by Crippen LogP contribution is -2.60. The first-order chi connectivity index (χ1) is 18.4. The molecular weight excluding hydrogens is 520 g/mol. The van der Waals surface area contributed by atoms with Crippen LogP contribution in [0.25, 0.3) is 10.9 Å². The van der Waals surface area contributed by atoms with Crippen LogP contribution in [0.3, 0.4) is 0 Å². The van der Waals surface area contributed by atoms with Gasteiger partial charge in [-0.1, -0.05) is 45.1 Å². The van der Waals surface area contributed by atoms with E-state index in [0.29, 0.717) is 28.8 Å². The zero-order valence-electron chi connectivity index (χ0n) is 23.1. The van der Waals surface area contributed by atoms with Crippen LogP contribution in [0.1, 0.15) is 31.3 Å². The fourth-order valence-electron chi connectivity index (χ4n) is 4.55. The van der Waals surface area contributed by atoms with Crippen LogP contribution in [0.5, 0.6) is 11.6 Å². The minimum atomic E-state index is -4.02. The predicted octanol–water partition coefficient (Wildman–Crippen LogP) is 3.33. The van der Waals surface area contributed by atoms with Crippen molar-refractivity contribution in [3.63, 3.8) is 0 Å². The van der Waals surface area contributed by atoms with Crippen molar-refractivity contribution in [2.75, 3.05) is 26.5 Å². The Labute approximate surface area is 228 Å². The van der Waals surface area contributed by atoms with Crippen LogP contribution in [0, 0.1) is 5.41 Å². The summed E-state index contributed by atoms with van der Waals surface area (Å²) >= 11 is 0. The lowest BCUT2D eigenvalue weighted by molar-refractivity contribution is 0.0673. The van der Waals surface area contributed by atoms with E-state index in [1.54, 1.807) is 55.2 Å². The number of rotatable bonds is 8. The minimum Gasteiger partial charge on any atom is -0.437 e. The average Bonchev–Trinajstić information content (AvgIpc) is 3.25. The molecule has 2 aromatic heterocycles. The molecule has 0 aliphatic heterocycles. The van der Waals surface area contributed by atoms with Gasteiger partial charge in [-0.15, -0.1) is 0 Å². The molecule has 39 heavy (non-hydrogen) atoms. The largest absolute Gasteiger partial charge is 0.437 e. The van der Waals surface area contributed by atoms with Crippen molar-refractivity contribution < 1.29 is 22.7 Å². The number of anilines is 1. The Morgan fingerprint density at radius 2 is 1.92 bits per heavy atom. The van der Waals surface area contributed by atoms with E-state index in [1.165, 1.54) is 20.2 Å². The molecule has 1 aliphatic rings. The van der Waals surface area contributed by atoms with Gasteiger partial charge in [0.2, 0.25) is 26.8 Å². The Morgan fingerprint density at radius 1 is 1.18 bits per heavy atom. The summed E-state index contributed by atoms with van der Waals surface area (Å²) in [5, 5.41) is 6.54. The Kier molecular flexibility index (Phi) is 7.57. The van der Waals surface area contributed by atoms with Gasteiger partial charge in [-0.2, -0.15) is 4.98 Å². The van der Waals surface area contributed by atoms with Gasteiger partial charge in [0.1, 0.15) is 5.69 Å². The molecule has 0 spiro atoms. The molecule has 208 valence electrons. The summed E-state index contributed by atoms with van der Waals surface area (Å²) in [6.07, 6.45) is 6.53. The van der Waals surface area contributed by atoms with Crippen molar-refractivity contribution >= 4 is 32.8 Å². The second-order valence-corrected chi connectivity index (χ2v) is 12.2. The number of ether oxygens (including phenoxy) is 2. The highest BCUT2D eigenvalue weighted by atomic mass is 32.2. The summed E-state index contributed by atoms with van der Waals surface area (Å²) in [6, 6.07) is 7.82. The van der Waals surface area contributed by atoms with Gasteiger partial charge < -0.3 is 24.7 Å². The maximum absolute atomic E-state index is 13.7. The predicted molar refractivity (Wildman–Crippen MR) is 150 cm³/mol. The number of aromatic nitrogens is 3. The number of methoxy groups -OCH3 is 1. The van der Waals surface area contributed by atoms with Crippen LogP contribution in [0.2, 0.25) is 0 Å². The van der Waals surface area contributed by atoms with E-state index < -0.39 is 26.9 Å². The van der Waals surface area contributed by atoms with E-state index in [2.05, 4.69) is 25.3 Å². The second kappa shape index (κ2) is 10.4. The molecule has 0 saturated carbocycles. The third kappa shape index (κ3) is 5.14. The number of carbonyl (C=O) groups excluding carboxylic acids is 1. The summed E-state index contributed by atoms with van der Waals surface area (Å²) in [5.74, 6) is 0.769. The molecule has 12 heteroatoms. The number of nitrogens with one attached hydrogen (secondary N) is 3. The van der Waals surface area contributed by atoms with Gasteiger partial charge >= 0.3 is 0 Å². The van der Waals surface area contributed by atoms with Crippen LogP contribution in [-0.4, -0.2) is 61.0 Å². The normalized spacial score (nSPS) is 19.6. The van der Waals surface area contributed by atoms with Gasteiger partial charge in [-0.25, -0.2) is 18.1 Å². The Hall–Kier alpha value is -3.74. The first-order valence-electron chi connectivity index (χ1n) is 12.3. The number of benzene rings is 1. The van der Waals surface area contributed by atoms with Crippen LogP contribution in [0.4, 0.5) is 5.95 Å². The molecule has 2 heterocycles. The first-order valence-corrected chi connectivity index (χ1v) is 13.8. The van der Waals surface area contributed by atoms with Crippen LogP contribution in [0.15, 0.2) is 60.3 Å². The standard InChI is InChI=1S/C27H34N6O5S/c1-26(2,3)18-11-13-27(37-7,39(35,36)29-5)21(16-18)31-24(34)19-15-17-9-8-10-20(23(17)33(19)6)38-22-12-14-30-25(28-4)32-22/h8-16,21,29H,1-7H3,(H,31,34)(H,28,30,32). The van der Waals surface area contributed by atoms with Gasteiger partial charge in [0.05, 0.1) is 11.6 Å². The van der Waals surface area contributed by atoms with E-state index in [9.17, 15) is 13.2 Å². The van der Waals surface area contributed by atoms with Crippen LogP contribution >= 0.6 is 0 Å². The van der Waals surface area contributed by atoms with Crippen molar-refractivity contribution in [1.29, 1.82) is 0 Å². The topological polar surface area (TPSA) is 136 Å². The van der Waals surface area contributed by atoms with Crippen molar-refractivity contribution in [3.8, 4) is 11.6 Å². The monoisotopic (exact) mass is 554 g/mol. The number of hydrogen-bond acceptors (Lipinski definition) is 8. The van der Waals surface area contributed by atoms with Crippen molar-refractivity contribution in [1.82, 2.24) is 24.6 Å². The highest BCUT2D eigenvalue weighted by Gasteiger charge is 2.50.